The number of ether oxygens (including phenoxy) is 1. The summed E-state index contributed by atoms with van der Waals surface area (Å²) in [7, 11) is -3.61. The van der Waals surface area contributed by atoms with E-state index < -0.39 is 27.3 Å². The number of nitrogens with zero attached hydrogens (tertiary/aromatic N) is 1. The summed E-state index contributed by atoms with van der Waals surface area (Å²) in [6.45, 7) is 3.20. The highest BCUT2D eigenvalue weighted by Crippen LogP contribution is 2.27. The number of benzene rings is 1. The Labute approximate surface area is 155 Å². The maximum Gasteiger partial charge on any atom is 0.313 e. The quantitative estimate of drug-likeness (QED) is 0.712. The predicted octanol–water partition coefficient (Wildman–Crippen LogP) is 0.884. The van der Waals surface area contributed by atoms with Gasteiger partial charge in [-0.15, -0.1) is 0 Å². The zero-order valence-corrected chi connectivity index (χ0v) is 15.9. The molecule has 3 rings (SSSR count). The maximum absolute atomic E-state index is 13.0. The molecule has 2 unspecified atom stereocenters. The van der Waals surface area contributed by atoms with Crippen LogP contribution in [0.3, 0.4) is 0 Å². The Kier molecular flexibility index (Phi) is 6.29. The molecule has 0 aliphatic carbocycles. The Hall–Kier alpha value is -1.48. The average molecular weight is 381 g/mol. The maximum atomic E-state index is 13.0. The number of piperidine rings is 1. The van der Waals surface area contributed by atoms with Gasteiger partial charge in [-0.05, 0) is 37.7 Å². The van der Waals surface area contributed by atoms with Gasteiger partial charge in [0.25, 0.3) is 0 Å². The molecule has 0 spiro atoms. The van der Waals surface area contributed by atoms with Crippen molar-refractivity contribution in [2.75, 3.05) is 26.2 Å². The molecule has 8 heteroatoms. The third-order valence-electron chi connectivity index (χ3n) is 5.14. The van der Waals surface area contributed by atoms with Crippen LogP contribution in [0.5, 0.6) is 0 Å². The van der Waals surface area contributed by atoms with Gasteiger partial charge in [0, 0.05) is 19.6 Å². The summed E-state index contributed by atoms with van der Waals surface area (Å²) < 4.78 is 32.5. The lowest BCUT2D eigenvalue weighted by Gasteiger charge is -2.33. The van der Waals surface area contributed by atoms with Crippen LogP contribution >= 0.6 is 0 Å². The topological polar surface area (TPSA) is 87.7 Å². The fraction of sp³-hybridized carbons (Fsp3) is 0.611. The Morgan fingerprint density at radius 1 is 1.23 bits per heavy atom. The van der Waals surface area contributed by atoms with Gasteiger partial charge in [0.1, 0.15) is 5.92 Å². The first kappa shape index (κ1) is 19.3. The van der Waals surface area contributed by atoms with Crippen molar-refractivity contribution in [1.82, 2.24) is 15.2 Å². The number of sulfonamides is 1. The smallest absolute Gasteiger partial charge is 0.313 e. The highest BCUT2D eigenvalue weighted by molar-refractivity contribution is 7.89. The van der Waals surface area contributed by atoms with Gasteiger partial charge >= 0.3 is 5.97 Å². The van der Waals surface area contributed by atoms with Crippen LogP contribution in [0.15, 0.2) is 30.3 Å². The number of nitrogens with one attached hydrogen (secondary N) is 2. The van der Waals surface area contributed by atoms with Gasteiger partial charge < -0.3 is 4.74 Å². The van der Waals surface area contributed by atoms with E-state index in [9.17, 15) is 13.2 Å². The Bertz CT molecular complexity index is 702. The van der Waals surface area contributed by atoms with Crippen LogP contribution in [0.25, 0.3) is 0 Å². The van der Waals surface area contributed by atoms with Gasteiger partial charge in [0.2, 0.25) is 10.0 Å². The number of hydrogen-bond donors (Lipinski definition) is 2. The first-order chi connectivity index (χ1) is 12.5. The van der Waals surface area contributed by atoms with E-state index in [1.165, 1.54) is 9.87 Å². The summed E-state index contributed by atoms with van der Waals surface area (Å²) in [5.41, 5.74) is 6.84. The highest BCUT2D eigenvalue weighted by Gasteiger charge is 2.45. The monoisotopic (exact) mass is 381 g/mol. The molecule has 2 saturated heterocycles. The van der Waals surface area contributed by atoms with Gasteiger partial charge in [-0.25, -0.2) is 18.1 Å². The summed E-state index contributed by atoms with van der Waals surface area (Å²) >= 11 is 0. The molecule has 2 fully saturated rings. The third kappa shape index (κ3) is 4.25. The van der Waals surface area contributed by atoms with E-state index in [1.54, 1.807) is 6.92 Å². The van der Waals surface area contributed by atoms with E-state index in [0.29, 0.717) is 19.0 Å². The minimum absolute atomic E-state index is 0.243. The van der Waals surface area contributed by atoms with Crippen LogP contribution < -0.4 is 10.9 Å². The van der Waals surface area contributed by atoms with Crippen molar-refractivity contribution in [2.45, 2.75) is 31.6 Å². The lowest BCUT2D eigenvalue weighted by Crippen LogP contribution is -2.51. The Morgan fingerprint density at radius 3 is 2.58 bits per heavy atom. The lowest BCUT2D eigenvalue weighted by atomic mass is 9.91. The summed E-state index contributed by atoms with van der Waals surface area (Å²) in [5, 5.41) is -0.966. The Morgan fingerprint density at radius 2 is 1.92 bits per heavy atom. The minimum Gasteiger partial charge on any atom is -0.466 e. The van der Waals surface area contributed by atoms with E-state index in [4.69, 9.17) is 4.74 Å². The second-order valence-electron chi connectivity index (χ2n) is 6.88. The summed E-state index contributed by atoms with van der Waals surface area (Å²) in [5.74, 6) is -0.709. The molecule has 0 saturated carbocycles. The third-order valence-corrected chi connectivity index (χ3v) is 7.32. The molecule has 0 amide bonds. The molecule has 0 radical (unpaired) electrons. The molecule has 0 bridgehead atoms. The molecule has 144 valence electrons. The number of esters is 1. The molecule has 2 aliphatic rings. The van der Waals surface area contributed by atoms with Crippen molar-refractivity contribution >= 4 is 16.0 Å². The molecule has 7 nitrogen and oxygen atoms in total. The molecule has 1 aromatic carbocycles. The van der Waals surface area contributed by atoms with Crippen molar-refractivity contribution in [1.29, 1.82) is 0 Å². The summed E-state index contributed by atoms with van der Waals surface area (Å²) in [4.78, 5) is 12.1. The normalized spacial score (nSPS) is 25.3. The number of carbonyl (C=O) groups excluding carboxylic acids is 1. The Balaban J connectivity index is 1.60. The molecule has 0 aromatic heterocycles. The van der Waals surface area contributed by atoms with Gasteiger partial charge in [-0.3, -0.25) is 10.2 Å². The second kappa shape index (κ2) is 8.47. The number of carbonyl (C=O) groups is 1. The lowest BCUT2D eigenvalue weighted by molar-refractivity contribution is -0.147. The SMILES string of the molecule is CCOC(=O)C1CNNC1S(=O)(=O)N1CCC(Cc2ccccc2)CC1. The van der Waals surface area contributed by atoms with Crippen molar-refractivity contribution in [3.05, 3.63) is 35.9 Å². The zero-order valence-electron chi connectivity index (χ0n) is 15.1. The van der Waals surface area contributed by atoms with Crippen LogP contribution in [0, 0.1) is 11.8 Å². The average Bonchev–Trinajstić information content (AvgIpc) is 3.14. The van der Waals surface area contributed by atoms with Crippen LogP contribution in [0.1, 0.15) is 25.3 Å². The molecule has 2 atom stereocenters. The molecule has 26 heavy (non-hydrogen) atoms. The minimum atomic E-state index is -3.61. The summed E-state index contributed by atoms with van der Waals surface area (Å²) in [6.07, 6.45) is 2.64. The van der Waals surface area contributed by atoms with Crippen molar-refractivity contribution in [3.8, 4) is 0 Å². The van der Waals surface area contributed by atoms with Gasteiger partial charge in [-0.1, -0.05) is 30.3 Å². The molecular formula is C18H27N3O4S. The molecule has 2 aliphatic heterocycles. The summed E-state index contributed by atoms with van der Waals surface area (Å²) in [6, 6.07) is 10.3. The molecule has 2 N–H and O–H groups in total. The van der Waals surface area contributed by atoms with Gasteiger partial charge in [0.15, 0.2) is 5.37 Å². The fourth-order valence-electron chi connectivity index (χ4n) is 3.69. The fourth-order valence-corrected chi connectivity index (χ4v) is 5.59. The molecular weight excluding hydrogens is 354 g/mol. The zero-order chi connectivity index (χ0) is 18.6. The van der Waals surface area contributed by atoms with E-state index in [-0.39, 0.29) is 13.2 Å². The van der Waals surface area contributed by atoms with Crippen LogP contribution in [-0.2, 0) is 26.0 Å². The number of hydrazine groups is 1. The van der Waals surface area contributed by atoms with E-state index in [1.807, 2.05) is 18.2 Å². The van der Waals surface area contributed by atoms with Crippen molar-refractivity contribution < 1.29 is 17.9 Å². The largest absolute Gasteiger partial charge is 0.466 e. The first-order valence-corrected chi connectivity index (χ1v) is 10.7. The van der Waals surface area contributed by atoms with E-state index >= 15 is 0 Å². The standard InChI is InChI=1S/C18H27N3O4S/c1-2-25-18(22)16-13-19-20-17(16)26(23,24)21-10-8-15(9-11-21)12-14-6-4-3-5-7-14/h3-7,15-17,19-20H,2,8-13H2,1H3. The molecule has 1 aromatic rings. The van der Waals surface area contributed by atoms with Crippen LogP contribution in [-0.4, -0.2) is 50.3 Å². The molecule has 2 heterocycles. The van der Waals surface area contributed by atoms with Crippen LogP contribution in [0.2, 0.25) is 0 Å². The first-order valence-electron chi connectivity index (χ1n) is 9.20. The van der Waals surface area contributed by atoms with Gasteiger partial charge in [0.05, 0.1) is 6.61 Å². The number of rotatable bonds is 6. The number of hydrogen-bond acceptors (Lipinski definition) is 6. The van der Waals surface area contributed by atoms with E-state index in [0.717, 1.165) is 19.3 Å². The van der Waals surface area contributed by atoms with Crippen LogP contribution in [0.4, 0.5) is 0 Å². The predicted molar refractivity (Wildman–Crippen MR) is 98.4 cm³/mol. The van der Waals surface area contributed by atoms with E-state index in [2.05, 4.69) is 23.0 Å². The highest BCUT2D eigenvalue weighted by atomic mass is 32.2. The van der Waals surface area contributed by atoms with Gasteiger partial charge in [-0.2, -0.15) is 0 Å². The second-order valence-corrected chi connectivity index (χ2v) is 8.94. The van der Waals surface area contributed by atoms with Crippen molar-refractivity contribution in [2.24, 2.45) is 11.8 Å². The van der Waals surface area contributed by atoms with Crippen molar-refractivity contribution in [3.63, 3.8) is 0 Å².